The first-order valence-electron chi connectivity index (χ1n) is 2.00. The van der Waals surface area contributed by atoms with Crippen molar-refractivity contribution in [3.63, 3.8) is 0 Å². The quantitative estimate of drug-likeness (QED) is 0.527. The molecular formula is C6H8Ru. The molecule has 1 heteroatoms. The van der Waals surface area contributed by atoms with E-state index in [1.165, 1.54) is 0 Å². The zero-order chi connectivity index (χ0) is 4.24. The molecule has 0 aliphatic carbocycles. The molecular weight excluding hydrogens is 173 g/mol. The van der Waals surface area contributed by atoms with Crippen LogP contribution >= 0.6 is 0 Å². The van der Waals surface area contributed by atoms with Crippen molar-refractivity contribution in [1.29, 1.82) is 0 Å². The van der Waals surface area contributed by atoms with Crippen LogP contribution in [0.4, 0.5) is 0 Å². The summed E-state index contributed by atoms with van der Waals surface area (Å²) in [6.45, 7) is 0. The average Bonchev–Trinajstić information content (AvgIpc) is 1.72. The van der Waals surface area contributed by atoms with Crippen molar-refractivity contribution in [2.75, 3.05) is 0 Å². The van der Waals surface area contributed by atoms with Gasteiger partial charge < -0.3 is 0 Å². The van der Waals surface area contributed by atoms with Crippen molar-refractivity contribution >= 4 is 0 Å². The second-order valence-electron chi connectivity index (χ2n) is 1.15. The number of rotatable bonds is 0. The van der Waals surface area contributed by atoms with Crippen molar-refractivity contribution in [3.8, 4) is 0 Å². The van der Waals surface area contributed by atoms with Crippen LogP contribution in [0.5, 0.6) is 0 Å². The maximum Gasteiger partial charge on any atom is -0.0623 e. The van der Waals surface area contributed by atoms with E-state index >= 15 is 0 Å². The maximum absolute atomic E-state index is 2.00. The Balaban J connectivity index is 0.000000360. The standard InChI is InChI=1S/C6H6.Ru.2H/c1-2-4-6-5-3-1;;;/h1-6H;;;. The summed E-state index contributed by atoms with van der Waals surface area (Å²) in [4.78, 5) is 0. The van der Waals surface area contributed by atoms with E-state index < -0.39 is 0 Å². The van der Waals surface area contributed by atoms with E-state index in [9.17, 15) is 0 Å². The first-order chi connectivity index (χ1) is 3.00. The van der Waals surface area contributed by atoms with Gasteiger partial charge >= 0.3 is 19.5 Å². The molecule has 1 aromatic rings. The van der Waals surface area contributed by atoms with E-state index in [1.54, 1.807) is 0 Å². The van der Waals surface area contributed by atoms with Crippen LogP contribution in [0.3, 0.4) is 0 Å². The number of hydrogen-bond acceptors (Lipinski definition) is 0. The predicted octanol–water partition coefficient (Wildman–Crippen LogP) is 1.15. The molecule has 0 aliphatic heterocycles. The third-order valence-electron chi connectivity index (χ3n) is 0.667. The molecule has 0 heterocycles. The number of benzene rings is 1. The van der Waals surface area contributed by atoms with Crippen LogP contribution in [-0.4, -0.2) is 0 Å². The Kier molecular flexibility index (Phi) is 3.92. The summed E-state index contributed by atoms with van der Waals surface area (Å²) in [7, 11) is 0. The van der Waals surface area contributed by atoms with E-state index in [1.807, 2.05) is 36.4 Å². The first-order valence-corrected chi connectivity index (χ1v) is 2.00. The molecule has 1 rings (SSSR count). The van der Waals surface area contributed by atoms with E-state index in [0.717, 1.165) is 0 Å². The van der Waals surface area contributed by atoms with Gasteiger partial charge in [0.2, 0.25) is 0 Å². The topological polar surface area (TPSA) is 0 Å². The van der Waals surface area contributed by atoms with Crippen molar-refractivity contribution in [1.82, 2.24) is 0 Å². The molecule has 0 bridgehead atoms. The molecule has 0 unspecified atom stereocenters. The Bertz CT molecular complexity index is 76.1. The van der Waals surface area contributed by atoms with Gasteiger partial charge in [0, 0.05) is 0 Å². The molecule has 0 radical (unpaired) electrons. The summed E-state index contributed by atoms with van der Waals surface area (Å²) in [5.74, 6) is 0. The molecule has 0 aromatic heterocycles. The van der Waals surface area contributed by atoms with Crippen molar-refractivity contribution in [2.24, 2.45) is 0 Å². The van der Waals surface area contributed by atoms with Crippen LogP contribution < -0.4 is 0 Å². The second-order valence-corrected chi connectivity index (χ2v) is 1.15. The Labute approximate surface area is 56.3 Å². The van der Waals surface area contributed by atoms with Gasteiger partial charge in [-0.05, 0) is 0 Å². The Hall–Kier alpha value is -0.157. The van der Waals surface area contributed by atoms with E-state index in [4.69, 9.17) is 0 Å². The van der Waals surface area contributed by atoms with Gasteiger partial charge in [-0.1, -0.05) is 36.4 Å². The van der Waals surface area contributed by atoms with Crippen molar-refractivity contribution in [3.05, 3.63) is 36.4 Å². The third kappa shape index (κ3) is 2.53. The molecule has 0 atom stereocenters. The van der Waals surface area contributed by atoms with Crippen molar-refractivity contribution in [2.45, 2.75) is 0 Å². The maximum atomic E-state index is 2.00. The van der Waals surface area contributed by atoms with Crippen LogP contribution in [0.25, 0.3) is 0 Å². The smallest absolute Gasteiger partial charge is 0.0623 e. The fourth-order valence-electron chi connectivity index (χ4n) is 0.385. The van der Waals surface area contributed by atoms with Crippen LogP contribution in [-0.2, 0) is 19.5 Å². The van der Waals surface area contributed by atoms with E-state index in [-0.39, 0.29) is 19.5 Å². The van der Waals surface area contributed by atoms with Crippen LogP contribution in [0.15, 0.2) is 36.4 Å². The van der Waals surface area contributed by atoms with E-state index in [0.29, 0.717) is 0 Å². The molecule has 0 spiro atoms. The molecule has 0 N–H and O–H groups in total. The van der Waals surface area contributed by atoms with Gasteiger partial charge in [-0.2, -0.15) is 0 Å². The molecule has 7 heavy (non-hydrogen) atoms. The first kappa shape index (κ1) is 6.84. The predicted molar refractivity (Wildman–Crippen MR) is 29.2 cm³/mol. The summed E-state index contributed by atoms with van der Waals surface area (Å²) in [5, 5.41) is 0. The fourth-order valence-corrected chi connectivity index (χ4v) is 0.385. The Morgan fingerprint density at radius 1 is 0.429 bits per heavy atom. The molecule has 1 aromatic carbocycles. The largest absolute Gasteiger partial charge is 0.0623 e. The fraction of sp³-hybridized carbons (Fsp3) is 0. The minimum atomic E-state index is 0. The molecule has 0 aliphatic rings. The molecule has 0 nitrogen and oxygen atoms in total. The van der Waals surface area contributed by atoms with Gasteiger partial charge in [0.1, 0.15) is 0 Å². The summed E-state index contributed by atoms with van der Waals surface area (Å²) in [6, 6.07) is 12.0. The molecule has 40 valence electrons. The summed E-state index contributed by atoms with van der Waals surface area (Å²) in [6.07, 6.45) is 0. The van der Waals surface area contributed by atoms with Crippen LogP contribution in [0.2, 0.25) is 0 Å². The van der Waals surface area contributed by atoms with Gasteiger partial charge in [-0.15, -0.1) is 0 Å². The summed E-state index contributed by atoms with van der Waals surface area (Å²) >= 11 is 0. The van der Waals surface area contributed by atoms with E-state index in [2.05, 4.69) is 0 Å². The van der Waals surface area contributed by atoms with Gasteiger partial charge in [-0.25, -0.2) is 0 Å². The minimum Gasteiger partial charge on any atom is -0.0623 e. The zero-order valence-corrected chi connectivity index (χ0v) is 5.88. The van der Waals surface area contributed by atoms with Crippen LogP contribution in [0.1, 0.15) is 0 Å². The van der Waals surface area contributed by atoms with Gasteiger partial charge in [0.05, 0.1) is 0 Å². The molecule has 0 amide bonds. The average molecular weight is 181 g/mol. The molecule has 0 fully saturated rings. The summed E-state index contributed by atoms with van der Waals surface area (Å²) in [5.41, 5.74) is 0. The summed E-state index contributed by atoms with van der Waals surface area (Å²) < 4.78 is 0. The SMILES string of the molecule is [RuH2].c1ccccc1. The normalized spacial score (nSPS) is 6.86. The Morgan fingerprint density at radius 2 is 0.571 bits per heavy atom. The second kappa shape index (κ2) is 4.01. The zero-order valence-electron chi connectivity index (χ0n) is 3.87. The van der Waals surface area contributed by atoms with Crippen LogP contribution in [0, 0.1) is 0 Å². The third-order valence-corrected chi connectivity index (χ3v) is 0.667. The minimum absolute atomic E-state index is 0. The monoisotopic (exact) mass is 182 g/mol. The Morgan fingerprint density at radius 3 is 0.714 bits per heavy atom. The molecule has 0 saturated heterocycles. The van der Waals surface area contributed by atoms with Crippen molar-refractivity contribution < 1.29 is 19.5 Å². The number of hydrogen-bond donors (Lipinski definition) is 0. The van der Waals surface area contributed by atoms with Gasteiger partial charge in [0.25, 0.3) is 0 Å². The van der Waals surface area contributed by atoms with Gasteiger partial charge in [0.15, 0.2) is 0 Å². The van der Waals surface area contributed by atoms with Gasteiger partial charge in [-0.3, -0.25) is 0 Å². The molecule has 0 saturated carbocycles.